The van der Waals surface area contributed by atoms with Crippen LogP contribution in [0.15, 0.2) is 36.4 Å². The second-order valence-corrected chi connectivity index (χ2v) is 4.59. The van der Waals surface area contributed by atoms with Crippen molar-refractivity contribution < 1.29 is 14.3 Å². The molecule has 6 heteroatoms. The fourth-order valence-corrected chi connectivity index (χ4v) is 1.75. The molecule has 0 saturated heterocycles. The number of carbonyl (C=O) groups is 1. The maximum Gasteiger partial charge on any atom is 0.259 e. The Hall–Kier alpha value is -1.78. The largest absolute Gasteiger partial charge is 0.507 e. The zero-order chi connectivity index (χ0) is 14.0. The summed E-state index contributed by atoms with van der Waals surface area (Å²) in [6, 6.07) is 7.94. The normalized spacial score (nSPS) is 10.3. The molecule has 0 aromatic heterocycles. The zero-order valence-corrected chi connectivity index (χ0v) is 11.0. The van der Waals surface area contributed by atoms with Crippen molar-refractivity contribution in [2.45, 2.75) is 0 Å². The van der Waals surface area contributed by atoms with E-state index in [0.29, 0.717) is 5.02 Å². The summed E-state index contributed by atoms with van der Waals surface area (Å²) >= 11 is 11.3. The van der Waals surface area contributed by atoms with Crippen molar-refractivity contribution in [3.63, 3.8) is 0 Å². The number of phenols is 1. The molecule has 0 saturated carbocycles. The van der Waals surface area contributed by atoms with Gasteiger partial charge in [0.25, 0.3) is 5.91 Å². The van der Waals surface area contributed by atoms with Gasteiger partial charge >= 0.3 is 0 Å². The van der Waals surface area contributed by atoms with Gasteiger partial charge in [0, 0.05) is 10.7 Å². The number of nitrogens with one attached hydrogen (secondary N) is 1. The molecule has 0 aliphatic carbocycles. The van der Waals surface area contributed by atoms with E-state index in [1.165, 1.54) is 30.3 Å². The van der Waals surface area contributed by atoms with E-state index in [1.807, 2.05) is 0 Å². The summed E-state index contributed by atoms with van der Waals surface area (Å²) in [6.45, 7) is 0. The number of hydrogen-bond donors (Lipinski definition) is 2. The van der Waals surface area contributed by atoms with Crippen LogP contribution in [0, 0.1) is 5.82 Å². The van der Waals surface area contributed by atoms with Gasteiger partial charge in [0.2, 0.25) is 0 Å². The summed E-state index contributed by atoms with van der Waals surface area (Å²) in [6.07, 6.45) is 0. The lowest BCUT2D eigenvalue weighted by molar-refractivity contribution is 0.102. The van der Waals surface area contributed by atoms with Crippen molar-refractivity contribution in [1.82, 2.24) is 0 Å². The van der Waals surface area contributed by atoms with Crippen LogP contribution in [0.2, 0.25) is 10.0 Å². The maximum atomic E-state index is 13.2. The summed E-state index contributed by atoms with van der Waals surface area (Å²) in [5, 5.41) is 12.3. The van der Waals surface area contributed by atoms with Gasteiger partial charge in [-0.05, 0) is 36.4 Å². The summed E-state index contributed by atoms with van der Waals surface area (Å²) in [5.41, 5.74) is 0.231. The molecule has 0 radical (unpaired) electrons. The zero-order valence-electron chi connectivity index (χ0n) is 9.45. The molecule has 2 N–H and O–H groups in total. The third kappa shape index (κ3) is 3.16. The molecule has 2 rings (SSSR count). The highest BCUT2D eigenvalue weighted by molar-refractivity contribution is 6.31. The minimum absolute atomic E-state index is 0.00265. The molecule has 0 spiro atoms. The Balaban J connectivity index is 2.25. The van der Waals surface area contributed by atoms with Crippen molar-refractivity contribution in [2.24, 2.45) is 0 Å². The van der Waals surface area contributed by atoms with E-state index < -0.39 is 11.7 Å². The number of benzene rings is 2. The molecule has 0 aliphatic heterocycles. The Labute approximate surface area is 118 Å². The number of halogens is 3. The molecule has 0 bridgehead atoms. The molecule has 0 fully saturated rings. The number of rotatable bonds is 2. The van der Waals surface area contributed by atoms with E-state index in [9.17, 15) is 14.3 Å². The van der Waals surface area contributed by atoms with E-state index in [-0.39, 0.29) is 22.0 Å². The van der Waals surface area contributed by atoms with E-state index >= 15 is 0 Å². The van der Waals surface area contributed by atoms with Gasteiger partial charge in [0.05, 0.1) is 10.6 Å². The summed E-state index contributed by atoms with van der Waals surface area (Å²) in [7, 11) is 0. The van der Waals surface area contributed by atoms with E-state index in [4.69, 9.17) is 23.2 Å². The number of carbonyl (C=O) groups excluding carboxylic acids is 1. The summed E-state index contributed by atoms with van der Waals surface area (Å²) in [4.78, 5) is 11.9. The number of aromatic hydroxyl groups is 1. The van der Waals surface area contributed by atoms with Crippen molar-refractivity contribution >= 4 is 34.8 Å². The van der Waals surface area contributed by atoms with Crippen LogP contribution in [0.25, 0.3) is 0 Å². The molecule has 0 unspecified atom stereocenters. The fraction of sp³-hybridized carbons (Fsp3) is 0. The third-order valence-electron chi connectivity index (χ3n) is 2.38. The number of amides is 1. The summed E-state index contributed by atoms with van der Waals surface area (Å²) in [5.74, 6) is -1.45. The first kappa shape index (κ1) is 13.6. The van der Waals surface area contributed by atoms with Crippen molar-refractivity contribution in [1.29, 1.82) is 0 Å². The lowest BCUT2D eigenvalue weighted by atomic mass is 10.2. The molecule has 3 nitrogen and oxygen atoms in total. The van der Waals surface area contributed by atoms with Gasteiger partial charge in [-0.1, -0.05) is 23.2 Å². The van der Waals surface area contributed by atoms with Gasteiger partial charge in [-0.2, -0.15) is 0 Å². The summed E-state index contributed by atoms with van der Waals surface area (Å²) < 4.78 is 13.2. The molecule has 0 heterocycles. The molecular weight excluding hydrogens is 292 g/mol. The Morgan fingerprint density at radius 2 is 1.89 bits per heavy atom. The molecule has 2 aromatic rings. The molecule has 19 heavy (non-hydrogen) atoms. The lowest BCUT2D eigenvalue weighted by Gasteiger charge is -2.07. The van der Waals surface area contributed by atoms with E-state index in [2.05, 4.69) is 5.32 Å². The van der Waals surface area contributed by atoms with Gasteiger partial charge in [-0.25, -0.2) is 4.39 Å². The topological polar surface area (TPSA) is 49.3 Å². The second kappa shape index (κ2) is 5.47. The highest BCUT2D eigenvalue weighted by atomic mass is 35.5. The van der Waals surface area contributed by atoms with E-state index in [0.717, 1.165) is 6.07 Å². The van der Waals surface area contributed by atoms with Crippen molar-refractivity contribution in [3.05, 3.63) is 57.8 Å². The van der Waals surface area contributed by atoms with Gasteiger partial charge in [0.1, 0.15) is 11.6 Å². The lowest BCUT2D eigenvalue weighted by Crippen LogP contribution is -2.12. The van der Waals surface area contributed by atoms with Crippen LogP contribution >= 0.6 is 23.2 Å². The van der Waals surface area contributed by atoms with Gasteiger partial charge in [0.15, 0.2) is 0 Å². The molecular formula is C13H8Cl2FNO2. The highest BCUT2D eigenvalue weighted by Crippen LogP contribution is 2.24. The molecule has 0 aliphatic rings. The van der Waals surface area contributed by atoms with Gasteiger partial charge in [-0.15, -0.1) is 0 Å². The van der Waals surface area contributed by atoms with Crippen LogP contribution in [0.5, 0.6) is 5.75 Å². The Morgan fingerprint density at radius 1 is 1.16 bits per heavy atom. The van der Waals surface area contributed by atoms with Crippen LogP contribution in [-0.2, 0) is 0 Å². The Bertz CT molecular complexity index is 647. The second-order valence-electron chi connectivity index (χ2n) is 3.74. The van der Waals surface area contributed by atoms with E-state index in [1.54, 1.807) is 0 Å². The minimum Gasteiger partial charge on any atom is -0.507 e. The predicted molar refractivity (Wildman–Crippen MR) is 72.5 cm³/mol. The van der Waals surface area contributed by atoms with Gasteiger partial charge in [-0.3, -0.25) is 4.79 Å². The van der Waals surface area contributed by atoms with Crippen molar-refractivity contribution in [3.8, 4) is 5.75 Å². The van der Waals surface area contributed by atoms with Crippen LogP contribution in [-0.4, -0.2) is 11.0 Å². The monoisotopic (exact) mass is 299 g/mol. The average Bonchev–Trinajstić information content (AvgIpc) is 2.36. The number of anilines is 1. The Kier molecular flexibility index (Phi) is 3.93. The van der Waals surface area contributed by atoms with Crippen LogP contribution in [0.4, 0.5) is 10.1 Å². The first-order chi connectivity index (χ1) is 8.97. The van der Waals surface area contributed by atoms with Crippen LogP contribution < -0.4 is 5.32 Å². The Morgan fingerprint density at radius 3 is 2.58 bits per heavy atom. The molecule has 1 amide bonds. The first-order valence-electron chi connectivity index (χ1n) is 5.22. The smallest absolute Gasteiger partial charge is 0.259 e. The van der Waals surface area contributed by atoms with Crippen LogP contribution in [0.1, 0.15) is 10.4 Å². The molecule has 2 aromatic carbocycles. The average molecular weight is 300 g/mol. The molecule has 0 atom stereocenters. The standard InChI is InChI=1S/C13H8Cl2FNO2/c14-7-1-4-12(18)9(5-7)13(19)17-8-2-3-10(15)11(16)6-8/h1-6,18H,(H,17,19). The quantitative estimate of drug-likeness (QED) is 0.877. The maximum absolute atomic E-state index is 13.2. The van der Waals surface area contributed by atoms with Crippen LogP contribution in [0.3, 0.4) is 0 Å². The number of phenolic OH excluding ortho intramolecular Hbond substituents is 1. The minimum atomic E-state index is -0.644. The first-order valence-corrected chi connectivity index (χ1v) is 5.98. The predicted octanol–water partition coefficient (Wildman–Crippen LogP) is 4.09. The van der Waals surface area contributed by atoms with Gasteiger partial charge < -0.3 is 10.4 Å². The number of hydrogen-bond acceptors (Lipinski definition) is 2. The molecule has 98 valence electrons. The SMILES string of the molecule is O=C(Nc1ccc(Cl)c(F)c1)c1cc(Cl)ccc1O. The van der Waals surface area contributed by atoms with Crippen molar-refractivity contribution in [2.75, 3.05) is 5.32 Å². The fourth-order valence-electron chi connectivity index (χ4n) is 1.46. The third-order valence-corrected chi connectivity index (χ3v) is 2.92. The highest BCUT2D eigenvalue weighted by Gasteiger charge is 2.12.